The van der Waals surface area contributed by atoms with E-state index in [0.29, 0.717) is 0 Å². The first-order chi connectivity index (χ1) is 6.66. The molecule has 0 saturated carbocycles. The van der Waals surface area contributed by atoms with Gasteiger partial charge in [0, 0.05) is 25.3 Å². The second-order valence-corrected chi connectivity index (χ2v) is 4.27. The van der Waals surface area contributed by atoms with Gasteiger partial charge >= 0.3 is 0 Å². The Labute approximate surface area is 85.9 Å². The quantitative estimate of drug-likeness (QED) is 0.674. The van der Waals surface area contributed by atoms with Crippen molar-refractivity contribution in [2.45, 2.75) is 20.4 Å². The molecule has 0 spiro atoms. The van der Waals surface area contributed by atoms with E-state index >= 15 is 0 Å². The van der Waals surface area contributed by atoms with Crippen LogP contribution >= 0.6 is 0 Å². The number of fused-ring (bicyclic) bond motifs is 1. The molecule has 0 saturated heterocycles. The molecule has 1 N–H and O–H groups in total. The third-order valence-electron chi connectivity index (χ3n) is 2.85. The molecule has 0 unspecified atom stereocenters. The van der Waals surface area contributed by atoms with Crippen LogP contribution in [0.5, 0.6) is 0 Å². The molecule has 2 nitrogen and oxygen atoms in total. The summed E-state index contributed by atoms with van der Waals surface area (Å²) in [6, 6.07) is 4.52. The van der Waals surface area contributed by atoms with Crippen molar-refractivity contribution in [1.29, 1.82) is 0 Å². The minimum Gasteiger partial charge on any atom is -0.383 e. The summed E-state index contributed by atoms with van der Waals surface area (Å²) in [5, 5.41) is 3.50. The molecule has 2 heteroatoms. The summed E-state index contributed by atoms with van der Waals surface area (Å²) >= 11 is 0. The van der Waals surface area contributed by atoms with E-state index in [1.807, 2.05) is 0 Å². The fraction of sp³-hybridized carbons (Fsp3) is 0.500. The molecule has 76 valence electrons. The zero-order valence-electron chi connectivity index (χ0n) is 9.22. The summed E-state index contributed by atoms with van der Waals surface area (Å²) < 4.78 is 0. The molecule has 0 fully saturated rings. The smallest absolute Gasteiger partial charge is 0.0391 e. The van der Waals surface area contributed by atoms with Crippen LogP contribution in [0.2, 0.25) is 0 Å². The van der Waals surface area contributed by atoms with Gasteiger partial charge in [0.15, 0.2) is 0 Å². The summed E-state index contributed by atoms with van der Waals surface area (Å²) in [6.45, 7) is 7.59. The van der Waals surface area contributed by atoms with E-state index in [0.717, 1.165) is 19.6 Å². The highest BCUT2D eigenvalue weighted by Gasteiger charge is 2.12. The standard InChI is InChI=1S/C12H18N2/c1-9-6-10(2)11-8-14(3)5-4-13-12(11)7-9/h6-7,13H,4-5,8H2,1-3H3. The Balaban J connectivity index is 2.45. The van der Waals surface area contributed by atoms with E-state index in [9.17, 15) is 0 Å². The SMILES string of the molecule is Cc1cc(C)c2c(c1)NCCN(C)C2. The molecule has 1 aliphatic rings. The predicted octanol–water partition coefficient (Wildman–Crippen LogP) is 2.16. The van der Waals surface area contributed by atoms with Crippen LogP contribution in [0, 0.1) is 13.8 Å². The lowest BCUT2D eigenvalue weighted by atomic mass is 10.0. The van der Waals surface area contributed by atoms with E-state index in [2.05, 4.69) is 43.2 Å². The molecule has 0 bridgehead atoms. The van der Waals surface area contributed by atoms with Crippen LogP contribution in [-0.4, -0.2) is 25.0 Å². The predicted molar refractivity (Wildman–Crippen MR) is 60.7 cm³/mol. The number of hydrogen-bond acceptors (Lipinski definition) is 2. The van der Waals surface area contributed by atoms with E-state index in [-0.39, 0.29) is 0 Å². The van der Waals surface area contributed by atoms with Gasteiger partial charge in [-0.25, -0.2) is 0 Å². The molecule has 2 rings (SSSR count). The average molecular weight is 190 g/mol. The number of nitrogens with zero attached hydrogens (tertiary/aromatic N) is 1. The third-order valence-corrected chi connectivity index (χ3v) is 2.85. The molecule has 0 atom stereocenters. The third kappa shape index (κ3) is 1.75. The maximum atomic E-state index is 3.50. The molecule has 0 amide bonds. The monoisotopic (exact) mass is 190 g/mol. The van der Waals surface area contributed by atoms with Crippen LogP contribution in [-0.2, 0) is 6.54 Å². The lowest BCUT2D eigenvalue weighted by Gasteiger charge is -2.15. The number of nitrogens with one attached hydrogen (secondary N) is 1. The summed E-state index contributed by atoms with van der Waals surface area (Å²) in [7, 11) is 2.18. The van der Waals surface area contributed by atoms with Crippen LogP contribution in [0.4, 0.5) is 5.69 Å². The fourth-order valence-electron chi connectivity index (χ4n) is 2.10. The summed E-state index contributed by atoms with van der Waals surface area (Å²) in [4.78, 5) is 2.36. The molecule has 1 aromatic carbocycles. The van der Waals surface area contributed by atoms with Gasteiger partial charge in [0.05, 0.1) is 0 Å². The van der Waals surface area contributed by atoms with Crippen molar-refractivity contribution in [1.82, 2.24) is 4.90 Å². The van der Waals surface area contributed by atoms with Crippen molar-refractivity contribution in [3.05, 3.63) is 28.8 Å². The Bertz CT molecular complexity index is 344. The van der Waals surface area contributed by atoms with Gasteiger partial charge in [0.25, 0.3) is 0 Å². The van der Waals surface area contributed by atoms with E-state index in [4.69, 9.17) is 0 Å². The molecule has 1 aliphatic heterocycles. The van der Waals surface area contributed by atoms with Gasteiger partial charge in [0.1, 0.15) is 0 Å². The van der Waals surface area contributed by atoms with Crippen LogP contribution in [0.15, 0.2) is 12.1 Å². The van der Waals surface area contributed by atoms with Crippen LogP contribution in [0.1, 0.15) is 16.7 Å². The Kier molecular flexibility index (Phi) is 2.46. The lowest BCUT2D eigenvalue weighted by molar-refractivity contribution is 0.345. The van der Waals surface area contributed by atoms with Crippen molar-refractivity contribution < 1.29 is 0 Å². The molecule has 0 aromatic heterocycles. The highest BCUT2D eigenvalue weighted by atomic mass is 15.1. The maximum Gasteiger partial charge on any atom is 0.0391 e. The Hall–Kier alpha value is -1.02. The normalized spacial score (nSPS) is 17.1. The lowest BCUT2D eigenvalue weighted by Crippen LogP contribution is -2.21. The topological polar surface area (TPSA) is 15.3 Å². The van der Waals surface area contributed by atoms with Crippen molar-refractivity contribution in [3.63, 3.8) is 0 Å². The van der Waals surface area contributed by atoms with Crippen molar-refractivity contribution in [2.24, 2.45) is 0 Å². The number of rotatable bonds is 0. The largest absolute Gasteiger partial charge is 0.383 e. The second kappa shape index (κ2) is 3.62. The number of likely N-dealkylation sites (N-methyl/N-ethyl adjacent to an activating group) is 1. The first-order valence-electron chi connectivity index (χ1n) is 5.19. The molecular formula is C12H18N2. The molecule has 14 heavy (non-hydrogen) atoms. The van der Waals surface area contributed by atoms with Gasteiger partial charge in [-0.15, -0.1) is 0 Å². The maximum absolute atomic E-state index is 3.50. The fourth-order valence-corrected chi connectivity index (χ4v) is 2.10. The zero-order valence-corrected chi connectivity index (χ0v) is 9.22. The first-order valence-corrected chi connectivity index (χ1v) is 5.19. The first kappa shape index (κ1) is 9.53. The van der Waals surface area contributed by atoms with Gasteiger partial charge < -0.3 is 10.2 Å². The molecule has 0 radical (unpaired) electrons. The Morgan fingerprint density at radius 2 is 2.07 bits per heavy atom. The van der Waals surface area contributed by atoms with Crippen molar-refractivity contribution >= 4 is 5.69 Å². The van der Waals surface area contributed by atoms with Gasteiger partial charge in [-0.05, 0) is 43.7 Å². The van der Waals surface area contributed by atoms with Crippen LogP contribution < -0.4 is 5.32 Å². The number of anilines is 1. The van der Waals surface area contributed by atoms with Crippen molar-refractivity contribution in [2.75, 3.05) is 25.5 Å². The summed E-state index contributed by atoms with van der Waals surface area (Å²) in [5.74, 6) is 0. The zero-order chi connectivity index (χ0) is 10.1. The summed E-state index contributed by atoms with van der Waals surface area (Å²) in [6.07, 6.45) is 0. The minimum atomic E-state index is 1.05. The highest BCUT2D eigenvalue weighted by molar-refractivity contribution is 5.57. The molecule has 1 aromatic rings. The van der Waals surface area contributed by atoms with E-state index in [1.165, 1.54) is 22.4 Å². The van der Waals surface area contributed by atoms with Crippen molar-refractivity contribution in [3.8, 4) is 0 Å². The van der Waals surface area contributed by atoms with Gasteiger partial charge in [0.2, 0.25) is 0 Å². The molecule has 0 aliphatic carbocycles. The minimum absolute atomic E-state index is 1.05. The Morgan fingerprint density at radius 3 is 2.86 bits per heavy atom. The molecular weight excluding hydrogens is 172 g/mol. The number of aryl methyl sites for hydroxylation is 2. The van der Waals surface area contributed by atoms with Crippen LogP contribution in [0.3, 0.4) is 0 Å². The van der Waals surface area contributed by atoms with Gasteiger partial charge in [-0.2, -0.15) is 0 Å². The summed E-state index contributed by atoms with van der Waals surface area (Å²) in [5.41, 5.74) is 5.53. The average Bonchev–Trinajstić information content (AvgIpc) is 2.27. The number of hydrogen-bond donors (Lipinski definition) is 1. The highest BCUT2D eigenvalue weighted by Crippen LogP contribution is 2.24. The van der Waals surface area contributed by atoms with Gasteiger partial charge in [-0.1, -0.05) is 6.07 Å². The van der Waals surface area contributed by atoms with Crippen LogP contribution in [0.25, 0.3) is 0 Å². The Morgan fingerprint density at radius 1 is 1.29 bits per heavy atom. The van der Waals surface area contributed by atoms with Gasteiger partial charge in [-0.3, -0.25) is 0 Å². The number of benzene rings is 1. The van der Waals surface area contributed by atoms with E-state index in [1.54, 1.807) is 0 Å². The molecule has 1 heterocycles. The second-order valence-electron chi connectivity index (χ2n) is 4.27. The van der Waals surface area contributed by atoms with E-state index < -0.39 is 0 Å².